The number of anilines is 1. The summed E-state index contributed by atoms with van der Waals surface area (Å²) in [6.45, 7) is 1.86. The molecular formula is C24H30N2O3. The standard InChI is InChI=1S/C24H30N2O3/c1-15-22-20(25-23(15)24(28)29-19-7-5-4-6-8-19)13-17(14-21(22)27)16-9-11-18(12-10-16)26(2)3/h9-12,17,19,25H,4-8,13-14H2,1-3H3/t17-/m1/s1. The first-order valence-electron chi connectivity index (χ1n) is 10.7. The molecule has 0 saturated heterocycles. The van der Waals surface area contributed by atoms with Crippen molar-refractivity contribution in [1.29, 1.82) is 0 Å². The number of ketones is 1. The fraction of sp³-hybridized carbons (Fsp3) is 0.500. The van der Waals surface area contributed by atoms with E-state index < -0.39 is 0 Å². The van der Waals surface area contributed by atoms with Crippen LogP contribution in [0.3, 0.4) is 0 Å². The van der Waals surface area contributed by atoms with E-state index in [1.54, 1.807) is 0 Å². The van der Waals surface area contributed by atoms with E-state index in [9.17, 15) is 9.59 Å². The molecule has 0 bridgehead atoms. The Morgan fingerprint density at radius 1 is 1.07 bits per heavy atom. The molecule has 0 spiro atoms. The topological polar surface area (TPSA) is 62.4 Å². The van der Waals surface area contributed by atoms with Crippen LogP contribution in [0.15, 0.2) is 24.3 Å². The number of hydrogen-bond acceptors (Lipinski definition) is 4. The summed E-state index contributed by atoms with van der Waals surface area (Å²) in [5.41, 5.74) is 5.07. The minimum absolute atomic E-state index is 0.00893. The predicted octanol–water partition coefficient (Wildman–Crippen LogP) is 4.79. The number of aromatic nitrogens is 1. The molecule has 2 aromatic rings. The molecule has 154 valence electrons. The third-order valence-corrected chi connectivity index (χ3v) is 6.40. The van der Waals surface area contributed by atoms with Gasteiger partial charge >= 0.3 is 5.97 Å². The maximum absolute atomic E-state index is 12.9. The monoisotopic (exact) mass is 394 g/mol. The molecular weight excluding hydrogens is 364 g/mol. The number of Topliss-reactive ketones (excluding diaryl/α,β-unsaturated/α-hetero) is 1. The lowest BCUT2D eigenvalue weighted by Gasteiger charge is -2.23. The molecule has 5 nitrogen and oxygen atoms in total. The number of benzene rings is 1. The lowest BCUT2D eigenvalue weighted by Crippen LogP contribution is -2.21. The van der Waals surface area contributed by atoms with Gasteiger partial charge in [-0.2, -0.15) is 0 Å². The summed E-state index contributed by atoms with van der Waals surface area (Å²) in [6.07, 6.45) is 6.55. The Labute approximate surface area is 172 Å². The number of carbonyl (C=O) groups is 2. The van der Waals surface area contributed by atoms with Gasteiger partial charge in [-0.15, -0.1) is 0 Å². The van der Waals surface area contributed by atoms with Crippen LogP contribution in [0, 0.1) is 6.92 Å². The van der Waals surface area contributed by atoms with Crippen molar-refractivity contribution in [3.8, 4) is 0 Å². The van der Waals surface area contributed by atoms with Gasteiger partial charge in [0.25, 0.3) is 0 Å². The fourth-order valence-electron chi connectivity index (χ4n) is 4.71. The molecule has 1 saturated carbocycles. The van der Waals surface area contributed by atoms with E-state index in [4.69, 9.17) is 4.74 Å². The molecule has 1 aromatic heterocycles. The molecule has 0 unspecified atom stereocenters. The zero-order valence-corrected chi connectivity index (χ0v) is 17.6. The summed E-state index contributed by atoms with van der Waals surface area (Å²) in [4.78, 5) is 31.0. The quantitative estimate of drug-likeness (QED) is 0.757. The van der Waals surface area contributed by atoms with Gasteiger partial charge in [0.15, 0.2) is 5.78 Å². The molecule has 1 atom stereocenters. The van der Waals surface area contributed by atoms with Gasteiger partial charge in [-0.25, -0.2) is 4.79 Å². The lowest BCUT2D eigenvalue weighted by molar-refractivity contribution is 0.0204. The Hall–Kier alpha value is -2.56. The zero-order valence-electron chi connectivity index (χ0n) is 17.6. The van der Waals surface area contributed by atoms with E-state index in [1.807, 2.05) is 21.0 Å². The van der Waals surface area contributed by atoms with Crippen molar-refractivity contribution in [2.75, 3.05) is 19.0 Å². The van der Waals surface area contributed by atoms with Crippen LogP contribution in [0.5, 0.6) is 0 Å². The van der Waals surface area contributed by atoms with Gasteiger partial charge in [0.1, 0.15) is 11.8 Å². The number of esters is 1. The highest BCUT2D eigenvalue weighted by atomic mass is 16.5. The van der Waals surface area contributed by atoms with Gasteiger partial charge in [-0.1, -0.05) is 18.6 Å². The maximum Gasteiger partial charge on any atom is 0.355 e. The average Bonchev–Trinajstić information content (AvgIpc) is 3.06. The summed E-state index contributed by atoms with van der Waals surface area (Å²) in [5.74, 6) is -0.0756. The van der Waals surface area contributed by atoms with E-state index in [0.717, 1.165) is 54.6 Å². The summed E-state index contributed by atoms with van der Waals surface area (Å²) in [7, 11) is 4.03. The Balaban J connectivity index is 1.54. The van der Waals surface area contributed by atoms with Crippen molar-refractivity contribution in [2.24, 2.45) is 0 Å². The number of H-pyrrole nitrogens is 1. The van der Waals surface area contributed by atoms with Crippen LogP contribution < -0.4 is 4.90 Å². The van der Waals surface area contributed by atoms with Gasteiger partial charge in [0.2, 0.25) is 0 Å². The van der Waals surface area contributed by atoms with Crippen LogP contribution in [0.2, 0.25) is 0 Å². The number of nitrogens with one attached hydrogen (secondary N) is 1. The number of fused-ring (bicyclic) bond motifs is 1. The number of aromatic amines is 1. The van der Waals surface area contributed by atoms with Gasteiger partial charge < -0.3 is 14.6 Å². The second kappa shape index (κ2) is 8.05. The summed E-state index contributed by atoms with van der Waals surface area (Å²) in [5, 5.41) is 0. The molecule has 4 rings (SSSR count). The smallest absolute Gasteiger partial charge is 0.355 e. The van der Waals surface area contributed by atoms with Gasteiger partial charge in [-0.3, -0.25) is 4.79 Å². The van der Waals surface area contributed by atoms with E-state index in [1.165, 1.54) is 6.42 Å². The highest BCUT2D eigenvalue weighted by Crippen LogP contribution is 2.36. The lowest BCUT2D eigenvalue weighted by atomic mass is 9.81. The highest BCUT2D eigenvalue weighted by molar-refractivity contribution is 6.03. The Morgan fingerprint density at radius 2 is 1.76 bits per heavy atom. The third-order valence-electron chi connectivity index (χ3n) is 6.40. The number of nitrogens with zero attached hydrogens (tertiary/aromatic N) is 1. The van der Waals surface area contributed by atoms with Crippen molar-refractivity contribution in [3.05, 3.63) is 52.3 Å². The summed E-state index contributed by atoms with van der Waals surface area (Å²) < 4.78 is 5.73. The van der Waals surface area contributed by atoms with Crippen LogP contribution in [0.4, 0.5) is 5.69 Å². The van der Waals surface area contributed by atoms with E-state index >= 15 is 0 Å². The van der Waals surface area contributed by atoms with Crippen molar-refractivity contribution in [1.82, 2.24) is 4.98 Å². The third kappa shape index (κ3) is 3.96. The minimum Gasteiger partial charge on any atom is -0.458 e. The molecule has 5 heteroatoms. The Bertz CT molecular complexity index is 905. The van der Waals surface area contributed by atoms with Crippen molar-refractivity contribution < 1.29 is 14.3 Å². The average molecular weight is 395 g/mol. The molecule has 0 aliphatic heterocycles. The number of ether oxygens (including phenoxy) is 1. The predicted molar refractivity (Wildman–Crippen MR) is 114 cm³/mol. The Morgan fingerprint density at radius 3 is 2.41 bits per heavy atom. The molecule has 2 aliphatic carbocycles. The van der Waals surface area contributed by atoms with Gasteiger partial charge in [-0.05, 0) is 68.2 Å². The maximum atomic E-state index is 12.9. The van der Waals surface area contributed by atoms with Crippen LogP contribution in [0.1, 0.15) is 82.1 Å². The minimum atomic E-state index is -0.316. The second-order valence-electron chi connectivity index (χ2n) is 8.66. The first-order chi connectivity index (χ1) is 13.9. The largest absolute Gasteiger partial charge is 0.458 e. The van der Waals surface area contributed by atoms with Crippen LogP contribution in [-0.2, 0) is 11.2 Å². The first-order valence-corrected chi connectivity index (χ1v) is 10.7. The van der Waals surface area contributed by atoms with E-state index in [2.05, 4.69) is 34.1 Å². The summed E-state index contributed by atoms with van der Waals surface area (Å²) >= 11 is 0. The molecule has 0 radical (unpaired) electrons. The van der Waals surface area contributed by atoms with Gasteiger partial charge in [0.05, 0.1) is 0 Å². The van der Waals surface area contributed by atoms with Crippen LogP contribution in [-0.4, -0.2) is 36.9 Å². The second-order valence-corrected chi connectivity index (χ2v) is 8.66. The SMILES string of the molecule is Cc1c(C(=O)OC2CCCCC2)[nH]c2c1C(=O)C[C@H](c1ccc(N(C)C)cc1)C2. The highest BCUT2D eigenvalue weighted by Gasteiger charge is 2.33. The number of hydrogen-bond donors (Lipinski definition) is 1. The molecule has 29 heavy (non-hydrogen) atoms. The van der Waals surface area contributed by atoms with E-state index in [0.29, 0.717) is 17.7 Å². The van der Waals surface area contributed by atoms with Crippen LogP contribution in [0.25, 0.3) is 0 Å². The fourth-order valence-corrected chi connectivity index (χ4v) is 4.71. The Kier molecular flexibility index (Phi) is 5.48. The number of carbonyl (C=O) groups excluding carboxylic acids is 2. The first kappa shape index (κ1) is 19.7. The van der Waals surface area contributed by atoms with Crippen LogP contribution >= 0.6 is 0 Å². The molecule has 0 amide bonds. The molecule has 1 aromatic carbocycles. The van der Waals surface area contributed by atoms with Crippen molar-refractivity contribution in [3.63, 3.8) is 0 Å². The van der Waals surface area contributed by atoms with E-state index in [-0.39, 0.29) is 23.8 Å². The van der Waals surface area contributed by atoms with Crippen molar-refractivity contribution >= 4 is 17.4 Å². The zero-order chi connectivity index (χ0) is 20.5. The normalized spacial score (nSPS) is 19.7. The number of rotatable bonds is 4. The summed E-state index contributed by atoms with van der Waals surface area (Å²) in [6, 6.07) is 8.38. The molecule has 2 aliphatic rings. The molecule has 1 N–H and O–H groups in total. The molecule has 1 heterocycles. The van der Waals surface area contributed by atoms with Gasteiger partial charge in [0, 0.05) is 37.5 Å². The molecule has 1 fully saturated rings. The van der Waals surface area contributed by atoms with Crippen molar-refractivity contribution in [2.45, 2.75) is 63.9 Å².